The molecule has 8 heteroatoms. The van der Waals surface area contributed by atoms with Gasteiger partial charge in [-0.05, 0) is 43.9 Å². The first-order valence-electron chi connectivity index (χ1n) is 8.29. The molecule has 0 bridgehead atoms. The zero-order valence-electron chi connectivity index (χ0n) is 14.2. The van der Waals surface area contributed by atoms with Crippen molar-refractivity contribution in [1.29, 1.82) is 0 Å². The van der Waals surface area contributed by atoms with Gasteiger partial charge in [-0.3, -0.25) is 0 Å². The van der Waals surface area contributed by atoms with Crippen LogP contribution in [-0.4, -0.2) is 31.8 Å². The number of nitrogens with zero attached hydrogens (tertiary/aromatic N) is 1. The van der Waals surface area contributed by atoms with Crippen LogP contribution < -0.4 is 10.6 Å². The SMILES string of the molecule is CCNC(=NCc1ccc(C(F)(F)F)cc1)NCCC1CCCO1.I. The summed E-state index contributed by atoms with van der Waals surface area (Å²) in [5, 5.41) is 6.36. The molecule has 1 fully saturated rings. The quantitative estimate of drug-likeness (QED) is 0.376. The number of guanidine groups is 1. The van der Waals surface area contributed by atoms with Crippen LogP contribution in [0.15, 0.2) is 29.3 Å². The van der Waals surface area contributed by atoms with Crippen LogP contribution in [0.4, 0.5) is 13.2 Å². The van der Waals surface area contributed by atoms with Gasteiger partial charge < -0.3 is 15.4 Å². The number of ether oxygens (including phenoxy) is 1. The molecule has 0 spiro atoms. The van der Waals surface area contributed by atoms with Gasteiger partial charge in [0.15, 0.2) is 5.96 Å². The molecule has 0 aliphatic carbocycles. The smallest absolute Gasteiger partial charge is 0.378 e. The van der Waals surface area contributed by atoms with Crippen LogP contribution >= 0.6 is 24.0 Å². The molecule has 0 aromatic heterocycles. The lowest BCUT2D eigenvalue weighted by molar-refractivity contribution is -0.137. The monoisotopic (exact) mass is 471 g/mol. The molecule has 1 aromatic rings. The molecule has 0 saturated carbocycles. The summed E-state index contributed by atoms with van der Waals surface area (Å²) in [6.07, 6.45) is -0.853. The summed E-state index contributed by atoms with van der Waals surface area (Å²) in [6, 6.07) is 5.09. The van der Waals surface area contributed by atoms with Crippen molar-refractivity contribution in [2.24, 2.45) is 4.99 Å². The maximum atomic E-state index is 12.5. The summed E-state index contributed by atoms with van der Waals surface area (Å²) in [4.78, 5) is 4.41. The molecule has 1 heterocycles. The third-order valence-corrected chi connectivity index (χ3v) is 3.83. The largest absolute Gasteiger partial charge is 0.416 e. The molecule has 0 amide bonds. The van der Waals surface area contributed by atoms with Gasteiger partial charge in [0.1, 0.15) is 0 Å². The third-order valence-electron chi connectivity index (χ3n) is 3.83. The zero-order chi connectivity index (χ0) is 17.4. The number of halogens is 4. The van der Waals surface area contributed by atoms with E-state index in [2.05, 4.69) is 15.6 Å². The molecule has 1 aliphatic rings. The highest BCUT2D eigenvalue weighted by Gasteiger charge is 2.29. The number of nitrogens with one attached hydrogen (secondary N) is 2. The van der Waals surface area contributed by atoms with E-state index in [4.69, 9.17) is 4.74 Å². The molecule has 25 heavy (non-hydrogen) atoms. The predicted molar refractivity (Wildman–Crippen MR) is 103 cm³/mol. The number of aliphatic imine (C=N–C) groups is 1. The molecular weight excluding hydrogens is 446 g/mol. The van der Waals surface area contributed by atoms with Crippen molar-refractivity contribution in [3.63, 3.8) is 0 Å². The molecule has 1 atom stereocenters. The van der Waals surface area contributed by atoms with E-state index in [9.17, 15) is 13.2 Å². The first kappa shape index (κ1) is 22.0. The maximum Gasteiger partial charge on any atom is 0.416 e. The Bertz CT molecular complexity index is 529. The number of hydrogen-bond donors (Lipinski definition) is 2. The Hall–Kier alpha value is -1.03. The van der Waals surface area contributed by atoms with E-state index < -0.39 is 11.7 Å². The van der Waals surface area contributed by atoms with Gasteiger partial charge in [-0.15, -0.1) is 24.0 Å². The average molecular weight is 471 g/mol. The Kier molecular flexibility index (Phi) is 9.55. The van der Waals surface area contributed by atoms with E-state index in [1.807, 2.05) is 6.92 Å². The highest BCUT2D eigenvalue weighted by molar-refractivity contribution is 14.0. The van der Waals surface area contributed by atoms with Gasteiger partial charge in [-0.2, -0.15) is 13.2 Å². The Labute approximate surface area is 163 Å². The highest BCUT2D eigenvalue weighted by atomic mass is 127. The summed E-state index contributed by atoms with van der Waals surface area (Å²) in [6.45, 7) is 4.61. The lowest BCUT2D eigenvalue weighted by atomic mass is 10.1. The van der Waals surface area contributed by atoms with Crippen LogP contribution in [0.1, 0.15) is 37.3 Å². The van der Waals surface area contributed by atoms with Gasteiger partial charge in [0.25, 0.3) is 0 Å². The molecule has 4 nitrogen and oxygen atoms in total. The summed E-state index contributed by atoms with van der Waals surface area (Å²) in [5.74, 6) is 0.662. The first-order valence-corrected chi connectivity index (χ1v) is 8.29. The van der Waals surface area contributed by atoms with Crippen molar-refractivity contribution in [1.82, 2.24) is 10.6 Å². The molecular formula is C17H25F3IN3O. The number of hydrogen-bond acceptors (Lipinski definition) is 2. The fourth-order valence-electron chi connectivity index (χ4n) is 2.53. The minimum Gasteiger partial charge on any atom is -0.378 e. The summed E-state index contributed by atoms with van der Waals surface area (Å²) in [7, 11) is 0. The van der Waals surface area contributed by atoms with E-state index in [0.717, 1.165) is 56.7 Å². The fourth-order valence-corrected chi connectivity index (χ4v) is 2.53. The molecule has 2 N–H and O–H groups in total. The minimum absolute atomic E-state index is 0. The van der Waals surface area contributed by atoms with Crippen molar-refractivity contribution < 1.29 is 17.9 Å². The van der Waals surface area contributed by atoms with E-state index in [1.54, 1.807) is 0 Å². The first-order chi connectivity index (χ1) is 11.5. The number of rotatable bonds is 6. The van der Waals surface area contributed by atoms with Gasteiger partial charge in [0, 0.05) is 19.7 Å². The average Bonchev–Trinajstić information content (AvgIpc) is 3.05. The molecule has 1 saturated heterocycles. The summed E-state index contributed by atoms with van der Waals surface area (Å²) in [5.41, 5.74) is 0.0937. The number of alkyl halides is 3. The van der Waals surface area contributed by atoms with Crippen molar-refractivity contribution in [2.45, 2.75) is 45.0 Å². The molecule has 0 radical (unpaired) electrons. The van der Waals surface area contributed by atoms with Crippen molar-refractivity contribution in [2.75, 3.05) is 19.7 Å². The van der Waals surface area contributed by atoms with Crippen LogP contribution in [0.5, 0.6) is 0 Å². The number of benzene rings is 1. The van der Waals surface area contributed by atoms with Crippen molar-refractivity contribution in [3.8, 4) is 0 Å². The fraction of sp³-hybridized carbons (Fsp3) is 0.588. The van der Waals surface area contributed by atoms with Crippen LogP contribution in [0.25, 0.3) is 0 Å². The van der Waals surface area contributed by atoms with Gasteiger partial charge in [0.2, 0.25) is 0 Å². The van der Waals surface area contributed by atoms with Crippen LogP contribution in [0, 0.1) is 0 Å². The topological polar surface area (TPSA) is 45.7 Å². The standard InChI is InChI=1S/C17H24F3N3O.HI/c1-2-21-16(22-10-9-15-4-3-11-24-15)23-12-13-5-7-14(8-6-13)17(18,19)20;/h5-8,15H,2-4,9-12H2,1H3,(H2,21,22,23);1H. The second kappa shape index (κ2) is 10.8. The van der Waals surface area contributed by atoms with E-state index >= 15 is 0 Å². The summed E-state index contributed by atoms with van der Waals surface area (Å²) >= 11 is 0. The predicted octanol–water partition coefficient (Wildman–Crippen LogP) is 3.95. The second-order valence-electron chi connectivity index (χ2n) is 5.74. The molecule has 1 aromatic carbocycles. The van der Waals surface area contributed by atoms with Gasteiger partial charge >= 0.3 is 6.18 Å². The third kappa shape index (κ3) is 7.81. The second-order valence-corrected chi connectivity index (χ2v) is 5.74. The zero-order valence-corrected chi connectivity index (χ0v) is 16.6. The van der Waals surface area contributed by atoms with Crippen LogP contribution in [0.3, 0.4) is 0 Å². The normalized spacial score (nSPS) is 17.9. The lowest BCUT2D eigenvalue weighted by Crippen LogP contribution is -2.38. The van der Waals surface area contributed by atoms with Gasteiger partial charge in [-0.1, -0.05) is 12.1 Å². The minimum atomic E-state index is -4.30. The highest BCUT2D eigenvalue weighted by Crippen LogP contribution is 2.29. The molecule has 142 valence electrons. The molecule has 1 aliphatic heterocycles. The van der Waals surface area contributed by atoms with E-state index in [-0.39, 0.29) is 24.0 Å². The Morgan fingerprint density at radius 2 is 1.96 bits per heavy atom. The Morgan fingerprint density at radius 1 is 1.24 bits per heavy atom. The van der Waals surface area contributed by atoms with Crippen LogP contribution in [0.2, 0.25) is 0 Å². The Balaban J connectivity index is 0.00000312. The maximum absolute atomic E-state index is 12.5. The van der Waals surface area contributed by atoms with E-state index in [0.29, 0.717) is 18.6 Å². The molecule has 1 unspecified atom stereocenters. The lowest BCUT2D eigenvalue weighted by Gasteiger charge is -2.14. The van der Waals surface area contributed by atoms with E-state index in [1.165, 1.54) is 12.1 Å². The Morgan fingerprint density at radius 3 is 2.52 bits per heavy atom. The van der Waals surface area contributed by atoms with Gasteiger partial charge in [0.05, 0.1) is 18.2 Å². The van der Waals surface area contributed by atoms with Crippen molar-refractivity contribution in [3.05, 3.63) is 35.4 Å². The van der Waals surface area contributed by atoms with Crippen LogP contribution in [-0.2, 0) is 17.5 Å². The molecule has 2 rings (SSSR count). The summed E-state index contributed by atoms with van der Waals surface area (Å²) < 4.78 is 43.2. The van der Waals surface area contributed by atoms with Gasteiger partial charge in [-0.25, -0.2) is 4.99 Å². The van der Waals surface area contributed by atoms with Crippen molar-refractivity contribution >= 4 is 29.9 Å².